The molecule has 3 aliphatic rings. The van der Waals surface area contributed by atoms with Crippen LogP contribution in [-0.4, -0.2) is 47.8 Å². The zero-order valence-corrected chi connectivity index (χ0v) is 14.2. The van der Waals surface area contributed by atoms with Crippen molar-refractivity contribution >= 4 is 11.8 Å². The summed E-state index contributed by atoms with van der Waals surface area (Å²) in [6.07, 6.45) is 6.13. The van der Waals surface area contributed by atoms with E-state index < -0.39 is 0 Å². The zero-order valence-electron chi connectivity index (χ0n) is 14.2. The maximum absolute atomic E-state index is 13.0. The van der Waals surface area contributed by atoms with Gasteiger partial charge in [-0.2, -0.15) is 0 Å². The fourth-order valence-corrected chi connectivity index (χ4v) is 4.31. The highest BCUT2D eigenvalue weighted by atomic mass is 16.2. The van der Waals surface area contributed by atoms with Crippen LogP contribution >= 0.6 is 0 Å². The van der Waals surface area contributed by atoms with E-state index in [2.05, 4.69) is 18.2 Å². The fourth-order valence-electron chi connectivity index (χ4n) is 4.31. The molecule has 0 N–H and O–H groups in total. The number of fused-ring (bicyclic) bond motifs is 1. The minimum atomic E-state index is 0.0232. The van der Waals surface area contributed by atoms with Gasteiger partial charge in [0.2, 0.25) is 11.8 Å². The highest BCUT2D eigenvalue weighted by molar-refractivity contribution is 5.85. The second kappa shape index (κ2) is 6.58. The molecule has 1 saturated carbocycles. The maximum atomic E-state index is 13.0. The predicted octanol–water partition coefficient (Wildman–Crippen LogP) is 2.58. The molecule has 1 aliphatic heterocycles. The second-order valence-electron chi connectivity index (χ2n) is 7.42. The largest absolute Gasteiger partial charge is 0.341 e. The third-order valence-corrected chi connectivity index (χ3v) is 6.00. The molecule has 1 saturated heterocycles. The van der Waals surface area contributed by atoms with Gasteiger partial charge in [-0.25, -0.2) is 0 Å². The van der Waals surface area contributed by atoms with Crippen LogP contribution in [0, 0.1) is 5.92 Å². The van der Waals surface area contributed by atoms with Gasteiger partial charge in [0.15, 0.2) is 0 Å². The molecule has 1 heterocycles. The molecule has 2 fully saturated rings. The molecule has 4 nitrogen and oxygen atoms in total. The van der Waals surface area contributed by atoms with E-state index in [1.807, 2.05) is 15.9 Å². The summed E-state index contributed by atoms with van der Waals surface area (Å²) < 4.78 is 0. The summed E-state index contributed by atoms with van der Waals surface area (Å²) in [5, 5.41) is 0. The summed E-state index contributed by atoms with van der Waals surface area (Å²) in [7, 11) is 0. The van der Waals surface area contributed by atoms with Crippen molar-refractivity contribution in [2.24, 2.45) is 5.92 Å². The Morgan fingerprint density at radius 1 is 0.833 bits per heavy atom. The van der Waals surface area contributed by atoms with E-state index in [-0.39, 0.29) is 17.7 Å². The Labute approximate surface area is 143 Å². The van der Waals surface area contributed by atoms with Crippen LogP contribution in [0.15, 0.2) is 24.3 Å². The van der Waals surface area contributed by atoms with Crippen molar-refractivity contribution in [3.63, 3.8) is 0 Å². The molecule has 0 bridgehead atoms. The highest BCUT2D eigenvalue weighted by Crippen LogP contribution is 2.34. The first kappa shape index (κ1) is 15.7. The van der Waals surface area contributed by atoms with E-state index >= 15 is 0 Å². The van der Waals surface area contributed by atoms with Crippen LogP contribution in [0.4, 0.5) is 0 Å². The molecule has 24 heavy (non-hydrogen) atoms. The van der Waals surface area contributed by atoms with Crippen molar-refractivity contribution in [2.45, 2.75) is 44.4 Å². The first-order chi connectivity index (χ1) is 11.7. The first-order valence-electron chi connectivity index (χ1n) is 9.39. The van der Waals surface area contributed by atoms with E-state index in [0.717, 1.165) is 45.2 Å². The Morgan fingerprint density at radius 3 is 2.25 bits per heavy atom. The number of carbonyl (C=O) groups is 2. The van der Waals surface area contributed by atoms with Crippen LogP contribution < -0.4 is 0 Å². The van der Waals surface area contributed by atoms with Gasteiger partial charge in [0.1, 0.15) is 0 Å². The zero-order chi connectivity index (χ0) is 16.5. The molecular formula is C20H26N2O2. The van der Waals surface area contributed by atoms with Crippen molar-refractivity contribution < 1.29 is 9.59 Å². The SMILES string of the molecule is O=C(C1CCC1)N1CCCN(C(=O)[C@H]2CCc3ccccc32)CC1. The summed E-state index contributed by atoms with van der Waals surface area (Å²) in [5.41, 5.74) is 2.54. The van der Waals surface area contributed by atoms with Gasteiger partial charge >= 0.3 is 0 Å². The standard InChI is InChI=1S/C20H26N2O2/c23-19(16-6-3-7-16)21-11-4-12-22(14-13-21)20(24)18-10-9-15-5-1-2-8-17(15)18/h1-2,5,8,16,18H,3-4,6-7,9-14H2/t18-/m0/s1. The lowest BCUT2D eigenvalue weighted by Crippen LogP contribution is -2.42. The van der Waals surface area contributed by atoms with Gasteiger partial charge in [0.05, 0.1) is 5.92 Å². The summed E-state index contributed by atoms with van der Waals surface area (Å²) in [6, 6.07) is 8.34. The topological polar surface area (TPSA) is 40.6 Å². The third-order valence-electron chi connectivity index (χ3n) is 6.00. The molecular weight excluding hydrogens is 300 g/mol. The minimum absolute atomic E-state index is 0.0232. The van der Waals surface area contributed by atoms with Gasteiger partial charge in [-0.1, -0.05) is 30.7 Å². The smallest absolute Gasteiger partial charge is 0.230 e. The van der Waals surface area contributed by atoms with Gasteiger partial charge in [0, 0.05) is 32.1 Å². The van der Waals surface area contributed by atoms with Crippen LogP contribution in [0.5, 0.6) is 0 Å². The lowest BCUT2D eigenvalue weighted by molar-refractivity contribution is -0.139. The number of benzene rings is 1. The van der Waals surface area contributed by atoms with Gasteiger partial charge < -0.3 is 9.80 Å². The number of amides is 2. The predicted molar refractivity (Wildman–Crippen MR) is 92.6 cm³/mol. The molecule has 0 unspecified atom stereocenters. The summed E-state index contributed by atoms with van der Waals surface area (Å²) >= 11 is 0. The van der Waals surface area contributed by atoms with E-state index in [0.29, 0.717) is 19.0 Å². The molecule has 1 atom stereocenters. The maximum Gasteiger partial charge on any atom is 0.230 e. The van der Waals surface area contributed by atoms with E-state index in [4.69, 9.17) is 0 Å². The quantitative estimate of drug-likeness (QED) is 0.838. The van der Waals surface area contributed by atoms with Crippen molar-refractivity contribution in [3.8, 4) is 0 Å². The molecule has 4 rings (SSSR count). The normalized spacial score (nSPS) is 24.2. The molecule has 4 heteroatoms. The van der Waals surface area contributed by atoms with Crippen molar-refractivity contribution in [3.05, 3.63) is 35.4 Å². The highest BCUT2D eigenvalue weighted by Gasteiger charge is 2.34. The molecule has 1 aromatic rings. The molecule has 1 aromatic carbocycles. The van der Waals surface area contributed by atoms with Crippen LogP contribution in [-0.2, 0) is 16.0 Å². The molecule has 128 valence electrons. The molecule has 0 aromatic heterocycles. The number of hydrogen-bond donors (Lipinski definition) is 0. The van der Waals surface area contributed by atoms with Crippen LogP contribution in [0.1, 0.15) is 49.1 Å². The first-order valence-corrected chi connectivity index (χ1v) is 9.39. The van der Waals surface area contributed by atoms with Crippen molar-refractivity contribution in [1.29, 1.82) is 0 Å². The molecule has 2 amide bonds. The average Bonchev–Trinajstić information content (AvgIpc) is 2.81. The summed E-state index contributed by atoms with van der Waals surface area (Å²) in [5.74, 6) is 0.865. The second-order valence-corrected chi connectivity index (χ2v) is 7.42. The summed E-state index contributed by atoms with van der Waals surface area (Å²) in [6.45, 7) is 2.98. The molecule has 0 radical (unpaired) electrons. The Bertz CT molecular complexity index is 638. The van der Waals surface area contributed by atoms with Crippen molar-refractivity contribution in [2.75, 3.05) is 26.2 Å². The third kappa shape index (κ3) is 2.83. The fraction of sp³-hybridized carbons (Fsp3) is 0.600. The van der Waals surface area contributed by atoms with E-state index in [9.17, 15) is 9.59 Å². The van der Waals surface area contributed by atoms with Crippen LogP contribution in [0.2, 0.25) is 0 Å². The number of carbonyl (C=O) groups excluding carboxylic acids is 2. The lowest BCUT2D eigenvalue weighted by Gasteiger charge is -2.31. The Kier molecular flexibility index (Phi) is 4.30. The number of rotatable bonds is 2. The van der Waals surface area contributed by atoms with E-state index in [1.54, 1.807) is 0 Å². The van der Waals surface area contributed by atoms with Gasteiger partial charge in [0.25, 0.3) is 0 Å². The number of hydrogen-bond acceptors (Lipinski definition) is 2. The van der Waals surface area contributed by atoms with Gasteiger partial charge in [-0.05, 0) is 43.2 Å². The van der Waals surface area contributed by atoms with Crippen LogP contribution in [0.3, 0.4) is 0 Å². The molecule has 2 aliphatic carbocycles. The summed E-state index contributed by atoms with van der Waals surface area (Å²) in [4.78, 5) is 29.5. The van der Waals surface area contributed by atoms with Crippen LogP contribution in [0.25, 0.3) is 0 Å². The Morgan fingerprint density at radius 2 is 1.54 bits per heavy atom. The monoisotopic (exact) mass is 326 g/mol. The van der Waals surface area contributed by atoms with Gasteiger partial charge in [-0.15, -0.1) is 0 Å². The minimum Gasteiger partial charge on any atom is -0.341 e. The Balaban J connectivity index is 1.40. The Hall–Kier alpha value is -1.84. The van der Waals surface area contributed by atoms with E-state index in [1.165, 1.54) is 17.5 Å². The number of nitrogens with zero attached hydrogens (tertiary/aromatic N) is 2. The molecule has 0 spiro atoms. The average molecular weight is 326 g/mol. The lowest BCUT2D eigenvalue weighted by atomic mass is 9.84. The number of aryl methyl sites for hydroxylation is 1. The van der Waals surface area contributed by atoms with Gasteiger partial charge in [-0.3, -0.25) is 9.59 Å². The van der Waals surface area contributed by atoms with Crippen molar-refractivity contribution in [1.82, 2.24) is 9.80 Å².